The van der Waals surface area contributed by atoms with Gasteiger partial charge in [0.15, 0.2) is 0 Å². The van der Waals surface area contributed by atoms with Gasteiger partial charge >= 0.3 is 0 Å². The molecule has 0 unspecified atom stereocenters. The molecule has 1 aromatic heterocycles. The topological polar surface area (TPSA) is 74.2 Å². The SMILES string of the molecule is Cc1cc(CN)cc(C)c1OCc1nonc1C. The van der Waals surface area contributed by atoms with Crippen molar-refractivity contribution >= 4 is 0 Å². The van der Waals surface area contributed by atoms with Crippen molar-refractivity contribution in [2.24, 2.45) is 5.73 Å². The normalized spacial score (nSPS) is 10.7. The molecule has 96 valence electrons. The monoisotopic (exact) mass is 247 g/mol. The number of hydrogen-bond acceptors (Lipinski definition) is 5. The van der Waals surface area contributed by atoms with E-state index in [1.807, 2.05) is 32.9 Å². The van der Waals surface area contributed by atoms with Crippen LogP contribution >= 0.6 is 0 Å². The number of hydrogen-bond donors (Lipinski definition) is 1. The van der Waals surface area contributed by atoms with Crippen molar-refractivity contribution in [3.05, 3.63) is 40.2 Å². The molecular weight excluding hydrogens is 230 g/mol. The Labute approximate surface area is 106 Å². The Kier molecular flexibility index (Phi) is 3.62. The number of rotatable bonds is 4. The van der Waals surface area contributed by atoms with E-state index in [0.717, 1.165) is 33.8 Å². The van der Waals surface area contributed by atoms with Crippen molar-refractivity contribution < 1.29 is 9.37 Å². The van der Waals surface area contributed by atoms with Crippen molar-refractivity contribution in [3.63, 3.8) is 0 Å². The third kappa shape index (κ3) is 2.51. The Morgan fingerprint density at radius 2 is 1.83 bits per heavy atom. The summed E-state index contributed by atoms with van der Waals surface area (Å²) >= 11 is 0. The molecule has 18 heavy (non-hydrogen) atoms. The second-order valence-electron chi connectivity index (χ2n) is 4.35. The summed E-state index contributed by atoms with van der Waals surface area (Å²) in [7, 11) is 0. The molecule has 0 atom stereocenters. The quantitative estimate of drug-likeness (QED) is 0.894. The maximum atomic E-state index is 5.79. The van der Waals surface area contributed by atoms with Gasteiger partial charge in [-0.1, -0.05) is 22.4 Å². The zero-order valence-corrected chi connectivity index (χ0v) is 10.9. The van der Waals surface area contributed by atoms with Gasteiger partial charge < -0.3 is 10.5 Å². The van der Waals surface area contributed by atoms with Crippen LogP contribution in [-0.2, 0) is 13.2 Å². The van der Waals surface area contributed by atoms with Gasteiger partial charge in [-0.25, -0.2) is 4.63 Å². The van der Waals surface area contributed by atoms with Crippen LogP contribution in [0.25, 0.3) is 0 Å². The smallest absolute Gasteiger partial charge is 0.145 e. The number of nitrogens with two attached hydrogens (primary N) is 1. The third-order valence-electron chi connectivity index (χ3n) is 2.86. The van der Waals surface area contributed by atoms with Crippen LogP contribution in [0.1, 0.15) is 28.1 Å². The Hall–Kier alpha value is -1.88. The van der Waals surface area contributed by atoms with E-state index in [1.54, 1.807) is 0 Å². The van der Waals surface area contributed by atoms with Crippen LogP contribution in [0.3, 0.4) is 0 Å². The lowest BCUT2D eigenvalue weighted by Gasteiger charge is -2.12. The Morgan fingerprint density at radius 3 is 2.33 bits per heavy atom. The second-order valence-corrected chi connectivity index (χ2v) is 4.35. The van der Waals surface area contributed by atoms with Gasteiger partial charge in [0.1, 0.15) is 23.7 Å². The minimum Gasteiger partial charge on any atom is -0.487 e. The summed E-state index contributed by atoms with van der Waals surface area (Å²) in [5.41, 5.74) is 10.4. The summed E-state index contributed by atoms with van der Waals surface area (Å²) in [6, 6.07) is 4.08. The maximum Gasteiger partial charge on any atom is 0.145 e. The molecule has 1 aromatic carbocycles. The number of aryl methyl sites for hydroxylation is 3. The molecule has 0 aliphatic heterocycles. The van der Waals surface area contributed by atoms with E-state index in [4.69, 9.17) is 10.5 Å². The van der Waals surface area contributed by atoms with E-state index in [-0.39, 0.29) is 0 Å². The number of benzene rings is 1. The van der Waals surface area contributed by atoms with Gasteiger partial charge in [-0.15, -0.1) is 0 Å². The van der Waals surface area contributed by atoms with E-state index in [2.05, 4.69) is 14.9 Å². The molecule has 0 spiro atoms. The molecule has 0 saturated carbocycles. The van der Waals surface area contributed by atoms with Crippen LogP contribution < -0.4 is 10.5 Å². The first-order valence-electron chi connectivity index (χ1n) is 5.83. The minimum absolute atomic E-state index is 0.360. The van der Waals surface area contributed by atoms with Crippen LogP contribution in [0.5, 0.6) is 5.75 Å². The molecule has 5 nitrogen and oxygen atoms in total. The molecule has 0 amide bonds. The van der Waals surface area contributed by atoms with Gasteiger partial charge in [-0.05, 0) is 37.5 Å². The number of ether oxygens (including phenoxy) is 1. The Balaban J connectivity index is 2.17. The molecule has 0 aliphatic rings. The highest BCUT2D eigenvalue weighted by Crippen LogP contribution is 2.25. The van der Waals surface area contributed by atoms with Crippen LogP contribution in [0.4, 0.5) is 0 Å². The average Bonchev–Trinajstić information content (AvgIpc) is 2.73. The van der Waals surface area contributed by atoms with E-state index in [9.17, 15) is 0 Å². The molecule has 0 aliphatic carbocycles. The molecular formula is C13H17N3O2. The zero-order chi connectivity index (χ0) is 13.1. The largest absolute Gasteiger partial charge is 0.487 e. The first kappa shape index (κ1) is 12.6. The fourth-order valence-electron chi connectivity index (χ4n) is 1.91. The maximum absolute atomic E-state index is 5.79. The van der Waals surface area contributed by atoms with Gasteiger partial charge in [0.2, 0.25) is 0 Å². The Bertz CT molecular complexity index is 526. The lowest BCUT2D eigenvalue weighted by atomic mass is 10.1. The van der Waals surface area contributed by atoms with Gasteiger partial charge in [0, 0.05) is 6.54 Å². The van der Waals surface area contributed by atoms with E-state index in [1.165, 1.54) is 0 Å². The van der Waals surface area contributed by atoms with Gasteiger partial charge in [-0.3, -0.25) is 0 Å². The fourth-order valence-corrected chi connectivity index (χ4v) is 1.91. The third-order valence-corrected chi connectivity index (χ3v) is 2.86. The predicted octanol–water partition coefficient (Wildman–Crippen LogP) is 2.03. The molecule has 2 aromatic rings. The van der Waals surface area contributed by atoms with E-state index >= 15 is 0 Å². The predicted molar refractivity (Wildman–Crippen MR) is 67.2 cm³/mol. The van der Waals surface area contributed by atoms with Crippen LogP contribution in [-0.4, -0.2) is 10.3 Å². The highest BCUT2D eigenvalue weighted by atomic mass is 16.6. The van der Waals surface area contributed by atoms with Gasteiger partial charge in [-0.2, -0.15) is 0 Å². The molecule has 0 radical (unpaired) electrons. The van der Waals surface area contributed by atoms with Crippen molar-refractivity contribution in [2.75, 3.05) is 0 Å². The lowest BCUT2D eigenvalue weighted by molar-refractivity contribution is 0.268. The Morgan fingerprint density at radius 1 is 1.17 bits per heavy atom. The van der Waals surface area contributed by atoms with Crippen molar-refractivity contribution in [2.45, 2.75) is 33.9 Å². The minimum atomic E-state index is 0.360. The summed E-state index contributed by atoms with van der Waals surface area (Å²) in [4.78, 5) is 0. The molecule has 2 N–H and O–H groups in total. The van der Waals surface area contributed by atoms with Crippen molar-refractivity contribution in [1.82, 2.24) is 10.3 Å². The van der Waals surface area contributed by atoms with Crippen molar-refractivity contribution in [1.29, 1.82) is 0 Å². The van der Waals surface area contributed by atoms with Crippen LogP contribution in [0.2, 0.25) is 0 Å². The highest BCUT2D eigenvalue weighted by molar-refractivity contribution is 5.43. The van der Waals surface area contributed by atoms with Gasteiger partial charge in [0.25, 0.3) is 0 Å². The molecule has 0 bridgehead atoms. The first-order chi connectivity index (χ1) is 8.61. The summed E-state index contributed by atoms with van der Waals surface area (Å²) in [5, 5.41) is 7.51. The number of aromatic nitrogens is 2. The first-order valence-corrected chi connectivity index (χ1v) is 5.83. The fraction of sp³-hybridized carbons (Fsp3) is 0.385. The average molecular weight is 247 g/mol. The molecule has 1 heterocycles. The summed E-state index contributed by atoms with van der Waals surface area (Å²) in [6.45, 7) is 6.75. The molecule has 2 rings (SSSR count). The highest BCUT2D eigenvalue weighted by Gasteiger charge is 2.10. The summed E-state index contributed by atoms with van der Waals surface area (Å²) in [6.07, 6.45) is 0. The van der Waals surface area contributed by atoms with E-state index in [0.29, 0.717) is 13.2 Å². The molecule has 0 fully saturated rings. The van der Waals surface area contributed by atoms with Crippen LogP contribution in [0.15, 0.2) is 16.8 Å². The van der Waals surface area contributed by atoms with Crippen LogP contribution in [0, 0.1) is 20.8 Å². The zero-order valence-electron chi connectivity index (χ0n) is 10.9. The summed E-state index contributed by atoms with van der Waals surface area (Å²) in [5.74, 6) is 0.870. The van der Waals surface area contributed by atoms with E-state index < -0.39 is 0 Å². The standard InChI is InChI=1S/C13H17N3O2/c1-8-4-11(6-14)5-9(2)13(8)17-7-12-10(3)15-18-16-12/h4-5H,6-7,14H2,1-3H3. The summed E-state index contributed by atoms with van der Waals surface area (Å²) < 4.78 is 10.4. The van der Waals surface area contributed by atoms with Crippen molar-refractivity contribution in [3.8, 4) is 5.75 Å². The van der Waals surface area contributed by atoms with Gasteiger partial charge in [0.05, 0.1) is 0 Å². The second kappa shape index (κ2) is 5.18. The lowest BCUT2D eigenvalue weighted by Crippen LogP contribution is -2.03. The number of nitrogens with zero attached hydrogens (tertiary/aromatic N) is 2. The molecule has 5 heteroatoms. The molecule has 0 saturated heterocycles.